The lowest BCUT2D eigenvalue weighted by molar-refractivity contribution is -0.119. The number of furan rings is 2. The van der Waals surface area contributed by atoms with Gasteiger partial charge in [0.25, 0.3) is 5.91 Å². The Kier molecular flexibility index (Phi) is 5.57. The molecule has 0 aliphatic carbocycles. The average Bonchev–Trinajstić information content (AvgIpc) is 3.56. The molecule has 1 N–H and O–H groups in total. The van der Waals surface area contributed by atoms with Crippen LogP contribution in [0.3, 0.4) is 0 Å². The van der Waals surface area contributed by atoms with Crippen LogP contribution in [0.5, 0.6) is 0 Å². The number of aryl methyl sites for hydroxylation is 1. The van der Waals surface area contributed by atoms with Crippen LogP contribution in [0.2, 0.25) is 0 Å². The number of nitrogens with one attached hydrogen (secondary N) is 1. The highest BCUT2D eigenvalue weighted by atomic mass is 16.5. The van der Waals surface area contributed by atoms with Gasteiger partial charge < -0.3 is 18.9 Å². The fourth-order valence-corrected chi connectivity index (χ4v) is 3.36. The zero-order valence-corrected chi connectivity index (χ0v) is 18.0. The van der Waals surface area contributed by atoms with Gasteiger partial charge in [0.05, 0.1) is 29.1 Å². The van der Waals surface area contributed by atoms with Gasteiger partial charge in [-0.05, 0) is 61.5 Å². The van der Waals surface area contributed by atoms with E-state index in [0.717, 1.165) is 5.69 Å². The molecule has 5 rings (SSSR count). The zero-order chi connectivity index (χ0) is 23.5. The van der Waals surface area contributed by atoms with Gasteiger partial charge in [-0.25, -0.2) is 19.7 Å². The summed E-state index contributed by atoms with van der Waals surface area (Å²) in [5, 5.41) is 2.59. The number of carbonyl (C=O) groups is 2. The summed E-state index contributed by atoms with van der Waals surface area (Å²) in [6.07, 6.45) is 3.09. The highest BCUT2D eigenvalue weighted by Gasteiger charge is 2.19. The molecule has 1 aromatic carbocycles. The molecule has 0 aliphatic heterocycles. The van der Waals surface area contributed by atoms with Crippen molar-refractivity contribution in [1.29, 1.82) is 0 Å². The first-order chi connectivity index (χ1) is 16.6. The van der Waals surface area contributed by atoms with E-state index in [1.165, 1.54) is 6.26 Å². The van der Waals surface area contributed by atoms with E-state index < -0.39 is 18.5 Å². The Bertz CT molecular complexity index is 1480. The maximum absolute atomic E-state index is 12.6. The lowest BCUT2D eigenvalue weighted by Gasteiger charge is -2.09. The predicted octanol–water partition coefficient (Wildman–Crippen LogP) is 4.65. The average molecular weight is 454 g/mol. The number of esters is 1. The van der Waals surface area contributed by atoms with Crippen LogP contribution in [-0.4, -0.2) is 33.4 Å². The lowest BCUT2D eigenvalue weighted by atomic mass is 10.1. The number of aromatic nitrogens is 3. The summed E-state index contributed by atoms with van der Waals surface area (Å²) in [6, 6.07) is 17.1. The van der Waals surface area contributed by atoms with Crippen LogP contribution < -0.4 is 5.32 Å². The monoisotopic (exact) mass is 454 g/mol. The quantitative estimate of drug-likeness (QED) is 0.368. The van der Waals surface area contributed by atoms with Crippen LogP contribution in [0.4, 0.5) is 5.82 Å². The fraction of sp³-hybridized carbons (Fsp3) is 0.0800. The Morgan fingerprint density at radius 1 is 0.853 bits per heavy atom. The second kappa shape index (κ2) is 8.99. The number of nitrogens with zero attached hydrogens (tertiary/aromatic N) is 3. The first-order valence-electron chi connectivity index (χ1n) is 10.4. The van der Waals surface area contributed by atoms with Crippen LogP contribution in [-0.2, 0) is 9.53 Å². The summed E-state index contributed by atoms with van der Waals surface area (Å²) in [7, 11) is 0. The summed E-state index contributed by atoms with van der Waals surface area (Å²) in [5.41, 5.74) is 3.01. The van der Waals surface area contributed by atoms with Gasteiger partial charge >= 0.3 is 5.97 Å². The molecule has 0 bridgehead atoms. The predicted molar refractivity (Wildman–Crippen MR) is 123 cm³/mol. The molecule has 0 fully saturated rings. The molecular weight excluding hydrogens is 436 g/mol. The molecule has 0 spiro atoms. The second-order valence-electron chi connectivity index (χ2n) is 7.37. The molecule has 4 heterocycles. The number of ether oxygens (including phenoxy) is 1. The van der Waals surface area contributed by atoms with Crippen molar-refractivity contribution in [3.05, 3.63) is 84.4 Å². The molecule has 4 aromatic heterocycles. The van der Waals surface area contributed by atoms with Gasteiger partial charge in [0.15, 0.2) is 18.1 Å². The number of hydrogen-bond acceptors (Lipinski definition) is 8. The van der Waals surface area contributed by atoms with Gasteiger partial charge in [0, 0.05) is 5.69 Å². The molecule has 9 heteroatoms. The molecule has 5 aromatic rings. The highest BCUT2D eigenvalue weighted by Crippen LogP contribution is 2.31. The Balaban J connectivity index is 1.37. The standard InChI is InChI=1S/C25H18N4O5/c1-15-5-2-8-21(26-15)29-22(30)14-34-25(31)16-9-10-17-18(13-16)28-24(20-7-4-12-33-20)23(27-17)19-6-3-11-32-19/h2-13H,14H2,1H3,(H,26,29,30). The van der Waals surface area contributed by atoms with Crippen molar-refractivity contribution < 1.29 is 23.2 Å². The molecule has 0 saturated heterocycles. The molecule has 0 unspecified atom stereocenters. The molecule has 0 atom stereocenters. The van der Waals surface area contributed by atoms with E-state index in [1.807, 2.05) is 13.0 Å². The van der Waals surface area contributed by atoms with Gasteiger partial charge in [-0.2, -0.15) is 0 Å². The maximum Gasteiger partial charge on any atom is 0.338 e. The zero-order valence-electron chi connectivity index (χ0n) is 18.0. The van der Waals surface area contributed by atoms with Crippen molar-refractivity contribution in [2.45, 2.75) is 6.92 Å². The minimum absolute atomic E-state index is 0.236. The number of amides is 1. The third-order valence-corrected chi connectivity index (χ3v) is 4.90. The van der Waals surface area contributed by atoms with Crippen molar-refractivity contribution in [2.75, 3.05) is 11.9 Å². The van der Waals surface area contributed by atoms with Gasteiger partial charge in [-0.3, -0.25) is 4.79 Å². The largest absolute Gasteiger partial charge is 0.463 e. The summed E-state index contributed by atoms with van der Waals surface area (Å²) in [5.74, 6) is 0.286. The number of pyridine rings is 1. The summed E-state index contributed by atoms with van der Waals surface area (Å²) < 4.78 is 16.2. The van der Waals surface area contributed by atoms with E-state index >= 15 is 0 Å². The number of anilines is 1. The molecule has 9 nitrogen and oxygen atoms in total. The Labute approximate surface area is 193 Å². The van der Waals surface area contributed by atoms with Gasteiger partial charge in [0.1, 0.15) is 17.2 Å². The maximum atomic E-state index is 12.6. The second-order valence-corrected chi connectivity index (χ2v) is 7.37. The molecule has 0 aliphatic rings. The smallest absolute Gasteiger partial charge is 0.338 e. The summed E-state index contributed by atoms with van der Waals surface area (Å²) >= 11 is 0. The molecule has 0 saturated carbocycles. The van der Waals surface area contributed by atoms with Crippen molar-refractivity contribution in [1.82, 2.24) is 15.0 Å². The van der Waals surface area contributed by atoms with Crippen molar-refractivity contribution >= 4 is 28.7 Å². The Hall–Kier alpha value is -4.79. The Morgan fingerprint density at radius 2 is 1.56 bits per heavy atom. The van der Waals surface area contributed by atoms with Crippen LogP contribution in [0.1, 0.15) is 16.1 Å². The van der Waals surface area contributed by atoms with Crippen molar-refractivity contribution in [3.63, 3.8) is 0 Å². The minimum Gasteiger partial charge on any atom is -0.463 e. The molecular formula is C25H18N4O5. The third-order valence-electron chi connectivity index (χ3n) is 4.90. The van der Waals surface area contributed by atoms with Crippen LogP contribution in [0.25, 0.3) is 33.9 Å². The van der Waals surface area contributed by atoms with Gasteiger partial charge in [-0.15, -0.1) is 0 Å². The normalized spacial score (nSPS) is 10.9. The van der Waals surface area contributed by atoms with Crippen molar-refractivity contribution in [3.8, 4) is 22.9 Å². The fourth-order valence-electron chi connectivity index (χ4n) is 3.36. The molecule has 0 radical (unpaired) electrons. The van der Waals surface area contributed by atoms with Crippen LogP contribution in [0.15, 0.2) is 82.0 Å². The van der Waals surface area contributed by atoms with E-state index in [9.17, 15) is 9.59 Å². The number of fused-ring (bicyclic) bond motifs is 1. The Morgan fingerprint density at radius 3 is 2.21 bits per heavy atom. The molecule has 1 amide bonds. The topological polar surface area (TPSA) is 120 Å². The van der Waals surface area contributed by atoms with E-state index in [2.05, 4.69) is 20.3 Å². The van der Waals surface area contributed by atoms with Crippen LogP contribution in [0, 0.1) is 6.92 Å². The number of hydrogen-bond donors (Lipinski definition) is 1. The van der Waals surface area contributed by atoms with Crippen molar-refractivity contribution in [2.24, 2.45) is 0 Å². The summed E-state index contributed by atoms with van der Waals surface area (Å²) in [4.78, 5) is 38.2. The van der Waals surface area contributed by atoms with E-state index in [0.29, 0.717) is 39.8 Å². The number of benzene rings is 1. The lowest BCUT2D eigenvalue weighted by Crippen LogP contribution is -2.21. The minimum atomic E-state index is -0.661. The van der Waals surface area contributed by atoms with E-state index in [-0.39, 0.29) is 5.56 Å². The SMILES string of the molecule is Cc1cccc(NC(=O)COC(=O)c2ccc3nc(-c4ccco4)c(-c4ccco4)nc3c2)n1. The third kappa shape index (κ3) is 4.40. The van der Waals surface area contributed by atoms with E-state index in [4.69, 9.17) is 13.6 Å². The molecule has 168 valence electrons. The molecule has 34 heavy (non-hydrogen) atoms. The first kappa shape index (κ1) is 21.1. The first-order valence-corrected chi connectivity index (χ1v) is 10.4. The summed E-state index contributed by atoms with van der Waals surface area (Å²) in [6.45, 7) is 1.36. The van der Waals surface area contributed by atoms with Gasteiger partial charge in [-0.1, -0.05) is 6.07 Å². The number of carbonyl (C=O) groups excluding carboxylic acids is 2. The van der Waals surface area contributed by atoms with Gasteiger partial charge in [0.2, 0.25) is 0 Å². The highest BCUT2D eigenvalue weighted by molar-refractivity contribution is 5.97. The van der Waals surface area contributed by atoms with E-state index in [1.54, 1.807) is 60.9 Å². The van der Waals surface area contributed by atoms with Crippen LogP contribution >= 0.6 is 0 Å². The number of rotatable bonds is 6.